The van der Waals surface area contributed by atoms with Gasteiger partial charge in [0, 0.05) is 11.4 Å². The lowest BCUT2D eigenvalue weighted by Gasteiger charge is -2.09. The van der Waals surface area contributed by atoms with Gasteiger partial charge in [-0.05, 0) is 49.2 Å². The molecular formula is C18H20N2O4. The Balaban J connectivity index is 2.40. The maximum Gasteiger partial charge on any atom is 0.309 e. The van der Waals surface area contributed by atoms with E-state index < -0.39 is 0 Å². The van der Waals surface area contributed by atoms with E-state index in [-0.39, 0.29) is 24.8 Å². The number of hydrogen-bond acceptors (Lipinski definition) is 6. The summed E-state index contributed by atoms with van der Waals surface area (Å²) in [6, 6.07) is 7.30. The largest absolute Gasteiger partial charge is 0.469 e. The van der Waals surface area contributed by atoms with Crippen LogP contribution < -0.4 is 0 Å². The molecule has 2 rings (SSSR count). The van der Waals surface area contributed by atoms with Gasteiger partial charge in [0.2, 0.25) is 0 Å². The highest BCUT2D eigenvalue weighted by Gasteiger charge is 2.11. The zero-order valence-corrected chi connectivity index (χ0v) is 14.3. The van der Waals surface area contributed by atoms with Gasteiger partial charge in [0.15, 0.2) is 0 Å². The van der Waals surface area contributed by atoms with Crippen LogP contribution in [-0.2, 0) is 31.9 Å². The van der Waals surface area contributed by atoms with Gasteiger partial charge >= 0.3 is 11.9 Å². The third-order valence-corrected chi connectivity index (χ3v) is 3.44. The SMILES string of the molecule is COC(=O)Cc1cc(C)nc(-c2cc(CC(=O)OC)cc(C)n2)c1. The van der Waals surface area contributed by atoms with Crippen LogP contribution in [0, 0.1) is 13.8 Å². The summed E-state index contributed by atoms with van der Waals surface area (Å²) in [6.45, 7) is 3.71. The van der Waals surface area contributed by atoms with Crippen LogP contribution in [0.15, 0.2) is 24.3 Å². The first-order valence-electron chi connectivity index (χ1n) is 7.50. The lowest BCUT2D eigenvalue weighted by atomic mass is 10.1. The third-order valence-electron chi connectivity index (χ3n) is 3.44. The van der Waals surface area contributed by atoms with Crippen molar-refractivity contribution in [2.45, 2.75) is 26.7 Å². The Morgan fingerprint density at radius 2 is 1.17 bits per heavy atom. The molecule has 0 radical (unpaired) electrons. The molecule has 0 aliphatic carbocycles. The van der Waals surface area contributed by atoms with E-state index in [4.69, 9.17) is 9.47 Å². The van der Waals surface area contributed by atoms with Gasteiger partial charge in [-0.2, -0.15) is 0 Å². The molecule has 0 N–H and O–H groups in total. The molecule has 126 valence electrons. The number of rotatable bonds is 5. The van der Waals surface area contributed by atoms with Gasteiger partial charge < -0.3 is 9.47 Å². The minimum absolute atomic E-state index is 0.174. The molecule has 0 fully saturated rings. The molecule has 0 unspecified atom stereocenters. The van der Waals surface area contributed by atoms with E-state index in [9.17, 15) is 9.59 Å². The summed E-state index contributed by atoms with van der Waals surface area (Å²) in [6.07, 6.45) is 0.349. The van der Waals surface area contributed by atoms with Crippen LogP contribution >= 0.6 is 0 Å². The molecule has 0 amide bonds. The minimum atomic E-state index is -0.310. The molecule has 0 aliphatic heterocycles. The van der Waals surface area contributed by atoms with Gasteiger partial charge in [0.1, 0.15) is 0 Å². The molecule has 2 aromatic heterocycles. The number of ether oxygens (including phenoxy) is 2. The molecular weight excluding hydrogens is 308 g/mol. The molecule has 24 heavy (non-hydrogen) atoms. The van der Waals surface area contributed by atoms with E-state index in [1.165, 1.54) is 14.2 Å². The Kier molecular flexibility index (Phi) is 5.63. The molecule has 0 aromatic carbocycles. The molecule has 0 atom stereocenters. The molecule has 6 heteroatoms. The molecule has 0 saturated carbocycles. The number of pyridine rings is 2. The van der Waals surface area contributed by atoms with Crippen molar-refractivity contribution in [1.82, 2.24) is 9.97 Å². The Morgan fingerprint density at radius 1 is 0.792 bits per heavy atom. The quantitative estimate of drug-likeness (QED) is 0.783. The van der Waals surface area contributed by atoms with Crippen molar-refractivity contribution in [3.8, 4) is 11.4 Å². The van der Waals surface area contributed by atoms with Crippen LogP contribution in [0.5, 0.6) is 0 Å². The topological polar surface area (TPSA) is 78.4 Å². The number of esters is 2. The van der Waals surface area contributed by atoms with Gasteiger partial charge in [-0.1, -0.05) is 0 Å². The van der Waals surface area contributed by atoms with Gasteiger partial charge in [0.25, 0.3) is 0 Å². The Bertz CT molecular complexity index is 706. The van der Waals surface area contributed by atoms with Crippen molar-refractivity contribution < 1.29 is 19.1 Å². The highest BCUT2D eigenvalue weighted by molar-refractivity contribution is 5.74. The average molecular weight is 328 g/mol. The zero-order chi connectivity index (χ0) is 17.7. The predicted octanol–water partition coefficient (Wildman–Crippen LogP) is 2.19. The van der Waals surface area contributed by atoms with Crippen LogP contribution in [0.3, 0.4) is 0 Å². The summed E-state index contributed by atoms with van der Waals surface area (Å²) in [5.74, 6) is -0.620. The Hall–Kier alpha value is -2.76. The van der Waals surface area contributed by atoms with E-state index >= 15 is 0 Å². The summed E-state index contributed by atoms with van der Waals surface area (Å²) < 4.78 is 9.42. The summed E-state index contributed by atoms with van der Waals surface area (Å²) in [4.78, 5) is 32.0. The molecule has 0 aliphatic rings. The predicted molar refractivity (Wildman–Crippen MR) is 88.4 cm³/mol. The van der Waals surface area contributed by atoms with Crippen molar-refractivity contribution in [1.29, 1.82) is 0 Å². The number of aromatic nitrogens is 2. The first-order chi connectivity index (χ1) is 11.4. The van der Waals surface area contributed by atoms with Crippen molar-refractivity contribution in [2.24, 2.45) is 0 Å². The smallest absolute Gasteiger partial charge is 0.309 e. The van der Waals surface area contributed by atoms with Crippen LogP contribution in [0.4, 0.5) is 0 Å². The van der Waals surface area contributed by atoms with Crippen molar-refractivity contribution in [3.63, 3.8) is 0 Å². The average Bonchev–Trinajstić information content (AvgIpc) is 2.53. The monoisotopic (exact) mass is 328 g/mol. The van der Waals surface area contributed by atoms with E-state index in [2.05, 4.69) is 9.97 Å². The number of aryl methyl sites for hydroxylation is 2. The Labute approximate surface area is 140 Å². The van der Waals surface area contributed by atoms with Gasteiger partial charge in [-0.15, -0.1) is 0 Å². The molecule has 6 nitrogen and oxygen atoms in total. The van der Waals surface area contributed by atoms with Crippen molar-refractivity contribution in [2.75, 3.05) is 14.2 Å². The molecule has 0 spiro atoms. The van der Waals surface area contributed by atoms with E-state index in [1.807, 2.05) is 38.1 Å². The lowest BCUT2D eigenvalue weighted by Crippen LogP contribution is -2.07. The second kappa shape index (κ2) is 7.68. The van der Waals surface area contributed by atoms with Crippen LogP contribution in [0.2, 0.25) is 0 Å². The van der Waals surface area contributed by atoms with Gasteiger partial charge in [-0.25, -0.2) is 0 Å². The lowest BCUT2D eigenvalue weighted by molar-refractivity contribution is -0.140. The first kappa shape index (κ1) is 17.6. The molecule has 0 bridgehead atoms. The Morgan fingerprint density at radius 3 is 1.50 bits per heavy atom. The maximum atomic E-state index is 11.5. The summed E-state index contributed by atoms with van der Waals surface area (Å²) in [7, 11) is 2.72. The number of carbonyl (C=O) groups excluding carboxylic acids is 2. The van der Waals surface area contributed by atoms with E-state index in [0.717, 1.165) is 22.5 Å². The minimum Gasteiger partial charge on any atom is -0.469 e. The number of methoxy groups -OCH3 is 2. The summed E-state index contributed by atoms with van der Waals surface area (Å²) in [5.41, 5.74) is 4.49. The second-order valence-corrected chi connectivity index (χ2v) is 5.51. The van der Waals surface area contributed by atoms with E-state index in [1.54, 1.807) is 0 Å². The van der Waals surface area contributed by atoms with E-state index in [0.29, 0.717) is 11.4 Å². The molecule has 0 saturated heterocycles. The standard InChI is InChI=1S/C18H20N2O4/c1-11-5-13(9-17(21)23-3)7-15(19-11)16-8-14(6-12(2)20-16)10-18(22)24-4/h5-8H,9-10H2,1-4H3. The highest BCUT2D eigenvalue weighted by atomic mass is 16.5. The molecule has 2 aromatic rings. The maximum absolute atomic E-state index is 11.5. The third kappa shape index (κ3) is 4.62. The van der Waals surface area contributed by atoms with Crippen LogP contribution in [0.25, 0.3) is 11.4 Å². The zero-order valence-electron chi connectivity index (χ0n) is 14.3. The summed E-state index contributed by atoms with van der Waals surface area (Å²) in [5, 5.41) is 0. The normalized spacial score (nSPS) is 10.3. The van der Waals surface area contributed by atoms with Gasteiger partial charge in [0.05, 0.1) is 38.4 Å². The van der Waals surface area contributed by atoms with Crippen LogP contribution in [0.1, 0.15) is 22.5 Å². The van der Waals surface area contributed by atoms with Crippen LogP contribution in [-0.4, -0.2) is 36.1 Å². The fraction of sp³-hybridized carbons (Fsp3) is 0.333. The van der Waals surface area contributed by atoms with Gasteiger partial charge in [-0.3, -0.25) is 19.6 Å². The number of nitrogens with zero attached hydrogens (tertiary/aromatic N) is 2. The fourth-order valence-electron chi connectivity index (χ4n) is 2.42. The number of hydrogen-bond donors (Lipinski definition) is 0. The van der Waals surface area contributed by atoms with Crippen molar-refractivity contribution in [3.05, 3.63) is 46.8 Å². The highest BCUT2D eigenvalue weighted by Crippen LogP contribution is 2.20. The first-order valence-corrected chi connectivity index (χ1v) is 7.50. The number of carbonyl (C=O) groups is 2. The molecule has 2 heterocycles. The van der Waals surface area contributed by atoms with Crippen molar-refractivity contribution >= 4 is 11.9 Å². The summed E-state index contributed by atoms with van der Waals surface area (Å²) >= 11 is 0. The fourth-order valence-corrected chi connectivity index (χ4v) is 2.42. The second-order valence-electron chi connectivity index (χ2n) is 5.51.